The fourth-order valence-electron chi connectivity index (χ4n) is 1.95. The topological polar surface area (TPSA) is 119 Å². The lowest BCUT2D eigenvalue weighted by Gasteiger charge is -2.25. The predicted octanol–water partition coefficient (Wildman–Crippen LogP) is -0.226. The highest BCUT2D eigenvalue weighted by Crippen LogP contribution is 2.22. The van der Waals surface area contributed by atoms with Crippen LogP contribution in [-0.4, -0.2) is 45.1 Å². The molecule has 0 atom stereocenters. The van der Waals surface area contributed by atoms with E-state index in [0.717, 1.165) is 12.1 Å². The summed E-state index contributed by atoms with van der Waals surface area (Å²) < 4.78 is 32.5. The molecule has 0 aliphatic carbocycles. The number of sulfonamides is 1. The van der Waals surface area contributed by atoms with Crippen LogP contribution >= 0.6 is 0 Å². The zero-order valence-electron chi connectivity index (χ0n) is 10.1. The average Bonchev–Trinajstić information content (AvgIpc) is 3.07. The first-order valence-corrected chi connectivity index (χ1v) is 7.12. The van der Waals surface area contributed by atoms with Gasteiger partial charge in [-0.15, -0.1) is 10.2 Å². The molecule has 0 aromatic carbocycles. The molecule has 106 valence electrons. The van der Waals surface area contributed by atoms with E-state index in [1.807, 2.05) is 0 Å². The minimum absolute atomic E-state index is 0.0748. The van der Waals surface area contributed by atoms with Crippen molar-refractivity contribution in [2.45, 2.75) is 18.2 Å². The van der Waals surface area contributed by atoms with Crippen molar-refractivity contribution in [3.05, 3.63) is 30.0 Å². The van der Waals surface area contributed by atoms with Crippen molar-refractivity contribution in [3.8, 4) is 0 Å². The minimum Gasteiger partial charge on any atom is -0.475 e. The maximum atomic E-state index is 12.3. The fourth-order valence-corrected chi connectivity index (χ4v) is 3.25. The van der Waals surface area contributed by atoms with E-state index in [-0.39, 0.29) is 18.2 Å². The van der Waals surface area contributed by atoms with Gasteiger partial charge in [0.05, 0.1) is 6.54 Å². The molecular formula is C10H10N4O5S. The standard InChI is InChI=1S/C10H10N4O5S/c15-10(16)7-1-2-9(19-7)20(17,18)14-4-3-13-6-11-12-8(13)5-14/h1-2,6H,3-5H2,(H,15,16). The first-order valence-electron chi connectivity index (χ1n) is 5.68. The summed E-state index contributed by atoms with van der Waals surface area (Å²) in [5.74, 6) is -1.20. The molecule has 3 rings (SSSR count). The zero-order valence-corrected chi connectivity index (χ0v) is 10.9. The molecule has 20 heavy (non-hydrogen) atoms. The Morgan fingerprint density at radius 1 is 1.35 bits per heavy atom. The second-order valence-electron chi connectivity index (χ2n) is 4.20. The Bertz CT molecular complexity index is 762. The van der Waals surface area contributed by atoms with Crippen molar-refractivity contribution in [1.29, 1.82) is 0 Å². The molecule has 10 heteroatoms. The lowest BCUT2D eigenvalue weighted by molar-refractivity contribution is 0.0656. The third-order valence-electron chi connectivity index (χ3n) is 2.99. The van der Waals surface area contributed by atoms with Gasteiger partial charge in [-0.25, -0.2) is 13.2 Å². The van der Waals surface area contributed by atoms with Gasteiger partial charge in [-0.3, -0.25) is 0 Å². The molecule has 0 spiro atoms. The van der Waals surface area contributed by atoms with E-state index < -0.39 is 21.8 Å². The number of aromatic carboxylic acids is 1. The molecule has 0 amide bonds. The number of fused-ring (bicyclic) bond motifs is 1. The SMILES string of the molecule is O=C(O)c1ccc(S(=O)(=O)N2CCn3cnnc3C2)o1. The quantitative estimate of drug-likeness (QED) is 0.831. The van der Waals surface area contributed by atoms with Gasteiger partial charge < -0.3 is 14.1 Å². The van der Waals surface area contributed by atoms with Crippen molar-refractivity contribution in [2.75, 3.05) is 6.54 Å². The molecule has 9 nitrogen and oxygen atoms in total. The number of aromatic nitrogens is 3. The number of furan rings is 1. The van der Waals surface area contributed by atoms with Gasteiger partial charge in [0.25, 0.3) is 10.0 Å². The number of carboxylic acid groups (broad SMARTS) is 1. The molecule has 3 heterocycles. The van der Waals surface area contributed by atoms with Crippen LogP contribution in [0.3, 0.4) is 0 Å². The Kier molecular flexibility index (Phi) is 2.83. The van der Waals surface area contributed by atoms with E-state index >= 15 is 0 Å². The number of hydrogen-bond donors (Lipinski definition) is 1. The number of carboxylic acids is 1. The maximum Gasteiger partial charge on any atom is 0.371 e. The van der Waals surface area contributed by atoms with Crippen LogP contribution in [0.1, 0.15) is 16.4 Å². The van der Waals surface area contributed by atoms with Gasteiger partial charge in [-0.2, -0.15) is 4.31 Å². The highest BCUT2D eigenvalue weighted by molar-refractivity contribution is 7.89. The van der Waals surface area contributed by atoms with Gasteiger partial charge in [-0.1, -0.05) is 0 Å². The van der Waals surface area contributed by atoms with Crippen molar-refractivity contribution in [2.24, 2.45) is 0 Å². The van der Waals surface area contributed by atoms with Crippen LogP contribution in [0.25, 0.3) is 0 Å². The van der Waals surface area contributed by atoms with E-state index in [4.69, 9.17) is 9.52 Å². The summed E-state index contributed by atoms with van der Waals surface area (Å²) in [5.41, 5.74) is 0. The lowest BCUT2D eigenvalue weighted by Crippen LogP contribution is -2.38. The molecule has 0 unspecified atom stereocenters. The number of hydrogen-bond acceptors (Lipinski definition) is 6. The average molecular weight is 298 g/mol. The molecule has 0 fully saturated rings. The molecule has 1 N–H and O–H groups in total. The minimum atomic E-state index is -3.87. The fraction of sp³-hybridized carbons (Fsp3) is 0.300. The summed E-state index contributed by atoms with van der Waals surface area (Å²) in [6.07, 6.45) is 1.54. The van der Waals surface area contributed by atoms with Crippen molar-refractivity contribution in [1.82, 2.24) is 19.1 Å². The van der Waals surface area contributed by atoms with Gasteiger partial charge in [0.15, 0.2) is 0 Å². The van der Waals surface area contributed by atoms with Crippen LogP contribution in [0.2, 0.25) is 0 Å². The largest absolute Gasteiger partial charge is 0.475 e. The molecule has 2 aromatic rings. The second-order valence-corrected chi connectivity index (χ2v) is 6.07. The molecule has 0 saturated heterocycles. The normalized spacial score (nSPS) is 16.0. The van der Waals surface area contributed by atoms with Crippen LogP contribution in [0, 0.1) is 0 Å². The van der Waals surface area contributed by atoms with Gasteiger partial charge >= 0.3 is 5.97 Å². The van der Waals surface area contributed by atoms with Gasteiger partial charge in [0.2, 0.25) is 10.9 Å². The smallest absolute Gasteiger partial charge is 0.371 e. The monoisotopic (exact) mass is 298 g/mol. The summed E-state index contributed by atoms with van der Waals surface area (Å²) in [4.78, 5) is 10.7. The maximum absolute atomic E-state index is 12.3. The van der Waals surface area contributed by atoms with Crippen LogP contribution in [0.4, 0.5) is 0 Å². The first-order chi connectivity index (χ1) is 9.48. The van der Waals surface area contributed by atoms with Crippen LogP contribution in [-0.2, 0) is 23.1 Å². The van der Waals surface area contributed by atoms with Gasteiger partial charge in [0.1, 0.15) is 12.2 Å². The number of nitrogens with zero attached hydrogens (tertiary/aromatic N) is 4. The molecule has 1 aliphatic heterocycles. The Balaban J connectivity index is 1.90. The lowest BCUT2D eigenvalue weighted by atomic mass is 10.4. The molecule has 0 saturated carbocycles. The first kappa shape index (κ1) is 12.8. The Morgan fingerprint density at radius 3 is 2.85 bits per heavy atom. The third kappa shape index (κ3) is 1.98. The number of carbonyl (C=O) groups is 1. The Morgan fingerprint density at radius 2 is 2.15 bits per heavy atom. The van der Waals surface area contributed by atoms with Crippen LogP contribution in [0.5, 0.6) is 0 Å². The summed E-state index contributed by atoms with van der Waals surface area (Å²) in [6, 6.07) is 2.25. The molecule has 2 aromatic heterocycles. The molecule has 0 radical (unpaired) electrons. The third-order valence-corrected chi connectivity index (χ3v) is 4.71. The Hall–Kier alpha value is -2.20. The van der Waals surface area contributed by atoms with Gasteiger partial charge in [0, 0.05) is 13.1 Å². The number of rotatable bonds is 3. The van der Waals surface area contributed by atoms with Crippen LogP contribution in [0.15, 0.2) is 28.0 Å². The highest BCUT2D eigenvalue weighted by atomic mass is 32.2. The van der Waals surface area contributed by atoms with E-state index in [1.54, 1.807) is 4.57 Å². The summed E-state index contributed by atoms with van der Waals surface area (Å²) in [7, 11) is -3.87. The van der Waals surface area contributed by atoms with Crippen molar-refractivity contribution < 1.29 is 22.7 Å². The van der Waals surface area contributed by atoms with E-state index in [0.29, 0.717) is 12.4 Å². The molecule has 1 aliphatic rings. The Labute approximate surface area is 113 Å². The van der Waals surface area contributed by atoms with E-state index in [1.165, 1.54) is 10.6 Å². The molecule has 0 bridgehead atoms. The van der Waals surface area contributed by atoms with Crippen molar-refractivity contribution in [3.63, 3.8) is 0 Å². The summed E-state index contributed by atoms with van der Waals surface area (Å²) in [5, 5.41) is 15.9. The van der Waals surface area contributed by atoms with Crippen LogP contribution < -0.4 is 0 Å². The highest BCUT2D eigenvalue weighted by Gasteiger charge is 2.32. The van der Waals surface area contributed by atoms with Crippen molar-refractivity contribution >= 4 is 16.0 Å². The predicted molar refractivity (Wildman–Crippen MR) is 63.3 cm³/mol. The summed E-state index contributed by atoms with van der Waals surface area (Å²) in [6.45, 7) is 0.760. The van der Waals surface area contributed by atoms with Gasteiger partial charge in [-0.05, 0) is 12.1 Å². The van der Waals surface area contributed by atoms with E-state index in [2.05, 4.69) is 10.2 Å². The second kappa shape index (κ2) is 4.42. The molecular weight excluding hydrogens is 288 g/mol. The zero-order chi connectivity index (χ0) is 14.3. The van der Waals surface area contributed by atoms with E-state index in [9.17, 15) is 13.2 Å². The summed E-state index contributed by atoms with van der Waals surface area (Å²) >= 11 is 0.